The van der Waals surface area contributed by atoms with Gasteiger partial charge in [-0.05, 0) is 64.8 Å². The standard InChI is InChI=1S/C22H27NO5/c1-5-26-20-10-7-16(12-21(20)27-6-2)22(25)28-13-19(24)18-11-14(3)23(15(18)4)17-8-9-17/h7,10-12,17H,5-6,8-9,13H2,1-4H3. The molecule has 6 nitrogen and oxygen atoms in total. The molecule has 0 aliphatic heterocycles. The van der Waals surface area contributed by atoms with E-state index in [9.17, 15) is 9.59 Å². The van der Waals surface area contributed by atoms with Crippen LogP contribution < -0.4 is 9.47 Å². The number of ketones is 1. The molecule has 1 heterocycles. The number of aryl methyl sites for hydroxylation is 1. The van der Waals surface area contributed by atoms with Gasteiger partial charge in [-0.2, -0.15) is 0 Å². The summed E-state index contributed by atoms with van der Waals surface area (Å²) in [7, 11) is 0. The van der Waals surface area contributed by atoms with Gasteiger partial charge in [0, 0.05) is 23.0 Å². The van der Waals surface area contributed by atoms with E-state index in [4.69, 9.17) is 14.2 Å². The molecule has 6 heteroatoms. The van der Waals surface area contributed by atoms with Gasteiger partial charge in [0.2, 0.25) is 5.78 Å². The fourth-order valence-electron chi connectivity index (χ4n) is 3.42. The van der Waals surface area contributed by atoms with Gasteiger partial charge in [0.05, 0.1) is 18.8 Å². The maximum atomic E-state index is 12.6. The summed E-state index contributed by atoms with van der Waals surface area (Å²) in [6, 6.07) is 7.26. The highest BCUT2D eigenvalue weighted by Gasteiger charge is 2.28. The first-order valence-electron chi connectivity index (χ1n) is 9.74. The second-order valence-corrected chi connectivity index (χ2v) is 6.91. The first-order chi connectivity index (χ1) is 13.5. The number of Topliss-reactive ketones (excluding diaryl/α,β-unsaturated/α-hetero) is 1. The zero-order valence-corrected chi connectivity index (χ0v) is 16.9. The Morgan fingerprint density at radius 3 is 2.36 bits per heavy atom. The number of hydrogen-bond acceptors (Lipinski definition) is 5. The quantitative estimate of drug-likeness (QED) is 0.476. The number of carbonyl (C=O) groups is 2. The number of aromatic nitrogens is 1. The van der Waals surface area contributed by atoms with Crippen LogP contribution in [0.25, 0.3) is 0 Å². The summed E-state index contributed by atoms with van der Waals surface area (Å²) in [4.78, 5) is 25.0. The van der Waals surface area contributed by atoms with Gasteiger partial charge in [-0.25, -0.2) is 4.79 Å². The van der Waals surface area contributed by atoms with Gasteiger partial charge in [-0.15, -0.1) is 0 Å². The fourth-order valence-corrected chi connectivity index (χ4v) is 3.42. The van der Waals surface area contributed by atoms with E-state index in [0.717, 1.165) is 24.2 Å². The maximum Gasteiger partial charge on any atom is 0.338 e. The van der Waals surface area contributed by atoms with Crippen molar-refractivity contribution < 1.29 is 23.8 Å². The van der Waals surface area contributed by atoms with Gasteiger partial charge in [0.25, 0.3) is 0 Å². The SMILES string of the molecule is CCOc1ccc(C(=O)OCC(=O)c2cc(C)n(C3CC3)c2C)cc1OCC. The maximum absolute atomic E-state index is 12.6. The van der Waals surface area contributed by atoms with Gasteiger partial charge in [0.15, 0.2) is 18.1 Å². The molecule has 0 saturated heterocycles. The minimum Gasteiger partial charge on any atom is -0.490 e. The summed E-state index contributed by atoms with van der Waals surface area (Å²) >= 11 is 0. The third-order valence-electron chi connectivity index (χ3n) is 4.81. The molecule has 0 atom stereocenters. The van der Waals surface area contributed by atoms with Crippen molar-refractivity contribution in [2.45, 2.75) is 46.6 Å². The molecule has 1 fully saturated rings. The van der Waals surface area contributed by atoms with Gasteiger partial charge in [-0.1, -0.05) is 0 Å². The second-order valence-electron chi connectivity index (χ2n) is 6.91. The average molecular weight is 385 g/mol. The summed E-state index contributed by atoms with van der Waals surface area (Å²) in [5, 5.41) is 0. The van der Waals surface area contributed by atoms with Crippen LogP contribution in [0.1, 0.15) is 64.8 Å². The van der Waals surface area contributed by atoms with Crippen LogP contribution in [0, 0.1) is 13.8 Å². The van der Waals surface area contributed by atoms with Crippen LogP contribution in [0.15, 0.2) is 24.3 Å². The largest absolute Gasteiger partial charge is 0.490 e. The van der Waals surface area contributed by atoms with Crippen molar-refractivity contribution in [2.24, 2.45) is 0 Å². The molecule has 2 aromatic rings. The highest BCUT2D eigenvalue weighted by molar-refractivity contribution is 6.00. The van der Waals surface area contributed by atoms with E-state index < -0.39 is 5.97 Å². The Hall–Kier alpha value is -2.76. The average Bonchev–Trinajstić information content (AvgIpc) is 3.46. The number of rotatable bonds is 9. The molecule has 0 unspecified atom stereocenters. The lowest BCUT2D eigenvalue weighted by Crippen LogP contribution is -2.15. The number of esters is 1. The minimum absolute atomic E-state index is 0.190. The molecule has 1 aliphatic rings. The van der Waals surface area contributed by atoms with E-state index in [1.54, 1.807) is 18.2 Å². The number of nitrogens with zero attached hydrogens (tertiary/aromatic N) is 1. The Labute approximate surface area is 165 Å². The van der Waals surface area contributed by atoms with Crippen LogP contribution in [0.3, 0.4) is 0 Å². The normalized spacial score (nSPS) is 13.3. The lowest BCUT2D eigenvalue weighted by molar-refractivity contribution is 0.0474. The van der Waals surface area contributed by atoms with Crippen LogP contribution in [0.2, 0.25) is 0 Å². The third-order valence-corrected chi connectivity index (χ3v) is 4.81. The van der Waals surface area contributed by atoms with Crippen molar-refractivity contribution >= 4 is 11.8 Å². The van der Waals surface area contributed by atoms with Crippen molar-refractivity contribution in [2.75, 3.05) is 19.8 Å². The Bertz CT molecular complexity index is 879. The first kappa shape index (κ1) is 20.0. The van der Waals surface area contributed by atoms with Crippen molar-refractivity contribution in [1.82, 2.24) is 4.57 Å². The Morgan fingerprint density at radius 2 is 1.71 bits per heavy atom. The topological polar surface area (TPSA) is 66.8 Å². The summed E-state index contributed by atoms with van der Waals surface area (Å²) in [6.45, 7) is 8.35. The van der Waals surface area contributed by atoms with Gasteiger partial charge in [-0.3, -0.25) is 4.79 Å². The molecule has 0 bridgehead atoms. The van der Waals surface area contributed by atoms with Gasteiger partial charge >= 0.3 is 5.97 Å². The zero-order valence-electron chi connectivity index (χ0n) is 16.9. The summed E-state index contributed by atoms with van der Waals surface area (Å²) in [5.41, 5.74) is 2.96. The van der Waals surface area contributed by atoms with Crippen LogP contribution in [0.5, 0.6) is 11.5 Å². The van der Waals surface area contributed by atoms with Crippen molar-refractivity contribution in [3.63, 3.8) is 0 Å². The fraction of sp³-hybridized carbons (Fsp3) is 0.455. The van der Waals surface area contributed by atoms with Crippen molar-refractivity contribution in [3.8, 4) is 11.5 Å². The molecule has 1 saturated carbocycles. The molecular formula is C22H27NO5. The van der Waals surface area contributed by atoms with Gasteiger partial charge < -0.3 is 18.8 Å². The molecule has 0 spiro atoms. The molecule has 150 valence electrons. The first-order valence-corrected chi connectivity index (χ1v) is 9.74. The molecule has 1 aromatic heterocycles. The molecule has 1 aliphatic carbocycles. The van der Waals surface area contributed by atoms with E-state index in [-0.39, 0.29) is 12.4 Å². The van der Waals surface area contributed by atoms with E-state index in [2.05, 4.69) is 4.57 Å². The minimum atomic E-state index is -0.562. The third kappa shape index (κ3) is 4.21. The summed E-state index contributed by atoms with van der Waals surface area (Å²) in [6.07, 6.45) is 2.30. The molecule has 0 N–H and O–H groups in total. The van der Waals surface area contributed by atoms with Crippen LogP contribution in [-0.4, -0.2) is 36.1 Å². The highest BCUT2D eigenvalue weighted by Crippen LogP contribution is 2.38. The van der Waals surface area contributed by atoms with Crippen LogP contribution in [0.4, 0.5) is 0 Å². The number of benzene rings is 1. The van der Waals surface area contributed by atoms with E-state index >= 15 is 0 Å². The van der Waals surface area contributed by atoms with Crippen LogP contribution >= 0.6 is 0 Å². The molecule has 28 heavy (non-hydrogen) atoms. The van der Waals surface area contributed by atoms with Crippen LogP contribution in [-0.2, 0) is 4.74 Å². The van der Waals surface area contributed by atoms with E-state index in [1.807, 2.05) is 33.8 Å². The monoisotopic (exact) mass is 385 g/mol. The summed E-state index contributed by atoms with van der Waals surface area (Å²) < 4.78 is 18.5. The smallest absolute Gasteiger partial charge is 0.338 e. The van der Waals surface area contributed by atoms with E-state index in [0.29, 0.717) is 41.9 Å². The second kappa shape index (κ2) is 8.50. The predicted molar refractivity (Wildman–Crippen MR) is 106 cm³/mol. The van der Waals surface area contributed by atoms with Crippen molar-refractivity contribution in [3.05, 3.63) is 46.8 Å². The number of ether oxygens (including phenoxy) is 3. The lowest BCUT2D eigenvalue weighted by Gasteiger charge is -2.12. The Morgan fingerprint density at radius 1 is 1.04 bits per heavy atom. The molecule has 3 rings (SSSR count). The molecular weight excluding hydrogens is 358 g/mol. The molecule has 0 radical (unpaired) electrons. The summed E-state index contributed by atoms with van der Waals surface area (Å²) in [5.74, 6) is 0.306. The number of hydrogen-bond donors (Lipinski definition) is 0. The van der Waals surface area contributed by atoms with Crippen molar-refractivity contribution in [1.29, 1.82) is 0 Å². The van der Waals surface area contributed by atoms with E-state index in [1.165, 1.54) is 0 Å². The Kier molecular flexibility index (Phi) is 6.07. The lowest BCUT2D eigenvalue weighted by atomic mass is 10.1. The van der Waals surface area contributed by atoms with Gasteiger partial charge in [0.1, 0.15) is 0 Å². The molecule has 1 aromatic carbocycles. The molecule has 0 amide bonds. The number of carbonyl (C=O) groups excluding carboxylic acids is 2. The Balaban J connectivity index is 1.67. The zero-order chi connectivity index (χ0) is 20.3. The highest BCUT2D eigenvalue weighted by atomic mass is 16.5. The predicted octanol–water partition coefficient (Wildman–Crippen LogP) is 4.28.